The van der Waals surface area contributed by atoms with Crippen LogP contribution in [0.4, 0.5) is 10.1 Å². The average Bonchev–Trinajstić information content (AvgIpc) is 3.30. The molecule has 1 saturated heterocycles. The minimum atomic E-state index is -0.399. The molecule has 0 N–H and O–H groups in total. The third kappa shape index (κ3) is 4.19. The number of benzene rings is 2. The first-order chi connectivity index (χ1) is 15.6. The molecule has 3 aromatic rings. The molecule has 1 fully saturated rings. The first-order valence-electron chi connectivity index (χ1n) is 10.4. The molecule has 2 aliphatic heterocycles. The number of piperidine rings is 1. The van der Waals surface area contributed by atoms with Gasteiger partial charge in [-0.3, -0.25) is 15.0 Å². The fourth-order valence-electron chi connectivity index (χ4n) is 4.29. The highest BCUT2D eigenvalue weighted by molar-refractivity contribution is 5.54. The molecule has 2 aliphatic rings. The van der Waals surface area contributed by atoms with Gasteiger partial charge < -0.3 is 14.0 Å². The lowest BCUT2D eigenvalue weighted by Gasteiger charge is -2.32. The molecule has 1 atom stereocenters. The Morgan fingerprint density at radius 1 is 1.28 bits per heavy atom. The van der Waals surface area contributed by atoms with Gasteiger partial charge in [0.25, 0.3) is 5.69 Å². The van der Waals surface area contributed by atoms with Crippen molar-refractivity contribution in [2.24, 2.45) is 0 Å². The van der Waals surface area contributed by atoms with Crippen LogP contribution in [-0.4, -0.2) is 39.8 Å². The predicted molar refractivity (Wildman–Crippen MR) is 110 cm³/mol. The van der Waals surface area contributed by atoms with Crippen LogP contribution >= 0.6 is 0 Å². The van der Waals surface area contributed by atoms with Gasteiger partial charge in [-0.1, -0.05) is 17.3 Å². The van der Waals surface area contributed by atoms with Gasteiger partial charge in [-0.25, -0.2) is 4.39 Å². The number of fused-ring (bicyclic) bond motifs is 1. The summed E-state index contributed by atoms with van der Waals surface area (Å²) < 4.78 is 30.0. The summed E-state index contributed by atoms with van der Waals surface area (Å²) in [6.07, 6.45) is 1.81. The summed E-state index contributed by atoms with van der Waals surface area (Å²) in [6, 6.07) is 9.16. The van der Waals surface area contributed by atoms with Gasteiger partial charge in [-0.2, -0.15) is 4.98 Å². The van der Waals surface area contributed by atoms with Crippen molar-refractivity contribution in [3.05, 3.63) is 69.3 Å². The second kappa shape index (κ2) is 8.64. The van der Waals surface area contributed by atoms with Gasteiger partial charge >= 0.3 is 0 Å². The molecule has 5 rings (SSSR count). The summed E-state index contributed by atoms with van der Waals surface area (Å²) >= 11 is 0. The Kier molecular flexibility index (Phi) is 5.54. The molecule has 2 aromatic carbocycles. The molecule has 0 radical (unpaired) electrons. The van der Waals surface area contributed by atoms with E-state index < -0.39 is 4.92 Å². The summed E-state index contributed by atoms with van der Waals surface area (Å²) in [5.41, 5.74) is 2.04. The van der Waals surface area contributed by atoms with Gasteiger partial charge in [0, 0.05) is 41.9 Å². The zero-order valence-corrected chi connectivity index (χ0v) is 17.2. The molecule has 1 aromatic heterocycles. The molecule has 0 spiro atoms. The number of halogens is 1. The van der Waals surface area contributed by atoms with Crippen LogP contribution in [-0.2, 0) is 17.9 Å². The van der Waals surface area contributed by atoms with Crippen LogP contribution in [0, 0.1) is 15.9 Å². The maximum atomic E-state index is 13.5. The van der Waals surface area contributed by atoms with E-state index in [0.717, 1.165) is 24.9 Å². The van der Waals surface area contributed by atoms with Crippen LogP contribution < -0.4 is 4.74 Å². The van der Waals surface area contributed by atoms with Crippen molar-refractivity contribution in [2.45, 2.75) is 31.9 Å². The van der Waals surface area contributed by atoms with E-state index >= 15 is 0 Å². The second-order valence-electron chi connectivity index (χ2n) is 8.00. The van der Waals surface area contributed by atoms with E-state index in [1.807, 2.05) is 0 Å². The van der Waals surface area contributed by atoms with E-state index in [0.29, 0.717) is 41.7 Å². The third-order valence-electron chi connectivity index (χ3n) is 5.76. The van der Waals surface area contributed by atoms with Gasteiger partial charge in [-0.15, -0.1) is 0 Å². The summed E-state index contributed by atoms with van der Waals surface area (Å²) in [5.74, 6) is 1.20. The highest BCUT2D eigenvalue weighted by Gasteiger charge is 2.28. The van der Waals surface area contributed by atoms with Crippen LogP contribution in [0.2, 0.25) is 0 Å². The van der Waals surface area contributed by atoms with E-state index in [9.17, 15) is 14.5 Å². The normalized spacial score (nSPS) is 18.7. The van der Waals surface area contributed by atoms with Gasteiger partial charge in [-0.05, 0) is 31.5 Å². The van der Waals surface area contributed by atoms with Gasteiger partial charge in [0.1, 0.15) is 11.6 Å². The average molecular weight is 440 g/mol. The molecule has 0 saturated carbocycles. The first-order valence-corrected chi connectivity index (χ1v) is 10.4. The van der Waals surface area contributed by atoms with Crippen molar-refractivity contribution in [2.75, 3.05) is 19.9 Å². The minimum Gasteiger partial charge on any atom is -0.467 e. The highest BCUT2D eigenvalue weighted by atomic mass is 19.1. The number of likely N-dealkylation sites (tertiary alicyclic amines) is 1. The van der Waals surface area contributed by atoms with Crippen molar-refractivity contribution >= 4 is 5.69 Å². The number of rotatable bonds is 5. The quantitative estimate of drug-likeness (QED) is 0.433. The van der Waals surface area contributed by atoms with Crippen molar-refractivity contribution < 1.29 is 23.3 Å². The van der Waals surface area contributed by atoms with Crippen molar-refractivity contribution in [3.63, 3.8) is 0 Å². The van der Waals surface area contributed by atoms with Crippen LogP contribution in [0.15, 0.2) is 40.9 Å². The number of nitro groups is 1. The molecule has 9 nitrogen and oxygen atoms in total. The zero-order valence-electron chi connectivity index (χ0n) is 17.2. The lowest BCUT2D eigenvalue weighted by molar-refractivity contribution is -0.385. The van der Waals surface area contributed by atoms with Crippen molar-refractivity contribution in [1.82, 2.24) is 15.0 Å². The fourth-order valence-corrected chi connectivity index (χ4v) is 4.29. The van der Waals surface area contributed by atoms with E-state index in [-0.39, 0.29) is 30.8 Å². The molecule has 0 bridgehead atoms. The number of hydrogen-bond donors (Lipinski definition) is 0. The molecule has 0 aliphatic carbocycles. The monoisotopic (exact) mass is 440 g/mol. The topological polar surface area (TPSA) is 104 Å². The van der Waals surface area contributed by atoms with E-state index in [4.69, 9.17) is 14.0 Å². The van der Waals surface area contributed by atoms with E-state index in [1.165, 1.54) is 18.2 Å². The van der Waals surface area contributed by atoms with Crippen LogP contribution in [0.25, 0.3) is 11.4 Å². The summed E-state index contributed by atoms with van der Waals surface area (Å²) in [5, 5.41) is 15.4. The molecule has 166 valence electrons. The summed E-state index contributed by atoms with van der Waals surface area (Å²) in [6.45, 7) is 2.43. The Hall–Kier alpha value is -3.37. The fraction of sp³-hybridized carbons (Fsp3) is 0.364. The molecule has 32 heavy (non-hydrogen) atoms. The number of nitrogens with zero attached hydrogens (tertiary/aromatic N) is 4. The molecular formula is C22H21FN4O5. The Morgan fingerprint density at radius 2 is 2.19 bits per heavy atom. The van der Waals surface area contributed by atoms with Gasteiger partial charge in [0.05, 0.1) is 17.4 Å². The number of non-ortho nitro benzene ring substituents is 1. The van der Waals surface area contributed by atoms with Gasteiger partial charge in [0.15, 0.2) is 6.79 Å². The standard InChI is InChI=1S/C22H21FN4O5/c23-18-5-1-3-14(7-18)21-24-22(32-25-21)15-4-2-6-26(10-15)11-16-8-19(27(28)29)9-17-12-30-13-31-20(16)17/h1,3,5,7-9,15H,2,4,6,10-13H2. The van der Waals surface area contributed by atoms with E-state index in [1.54, 1.807) is 18.2 Å². The molecule has 10 heteroatoms. The molecule has 1 unspecified atom stereocenters. The minimum absolute atomic E-state index is 0.0253. The summed E-state index contributed by atoms with van der Waals surface area (Å²) in [7, 11) is 0. The lowest BCUT2D eigenvalue weighted by Crippen LogP contribution is -2.34. The Bertz CT molecular complexity index is 1150. The summed E-state index contributed by atoms with van der Waals surface area (Å²) in [4.78, 5) is 17.7. The van der Waals surface area contributed by atoms with Gasteiger partial charge in [0.2, 0.25) is 11.7 Å². The maximum absolute atomic E-state index is 13.5. The lowest BCUT2D eigenvalue weighted by atomic mass is 9.97. The highest BCUT2D eigenvalue weighted by Crippen LogP contribution is 2.35. The largest absolute Gasteiger partial charge is 0.467 e. The number of hydrogen-bond acceptors (Lipinski definition) is 8. The van der Waals surface area contributed by atoms with Crippen LogP contribution in [0.1, 0.15) is 35.8 Å². The predicted octanol–water partition coefficient (Wildman–Crippen LogP) is 4.03. The molecule has 3 heterocycles. The number of nitro benzene ring substituents is 1. The smallest absolute Gasteiger partial charge is 0.270 e. The SMILES string of the molecule is O=[N+]([O-])c1cc2c(c(CN3CCCC(c4nc(-c5cccc(F)c5)no4)C3)c1)OCOC2. The Morgan fingerprint density at radius 3 is 3.03 bits per heavy atom. The Labute approximate surface area is 182 Å². The molecule has 0 amide bonds. The van der Waals surface area contributed by atoms with Crippen LogP contribution in [0.5, 0.6) is 5.75 Å². The number of aromatic nitrogens is 2. The second-order valence-corrected chi connectivity index (χ2v) is 8.00. The molecular weight excluding hydrogens is 419 g/mol. The Balaban J connectivity index is 1.34. The zero-order chi connectivity index (χ0) is 22.1. The number of ether oxygens (including phenoxy) is 2. The van der Waals surface area contributed by atoms with Crippen molar-refractivity contribution in [1.29, 1.82) is 0 Å². The van der Waals surface area contributed by atoms with Crippen molar-refractivity contribution in [3.8, 4) is 17.1 Å². The van der Waals surface area contributed by atoms with E-state index in [2.05, 4.69) is 15.0 Å². The first kappa shape index (κ1) is 20.5. The maximum Gasteiger partial charge on any atom is 0.270 e. The third-order valence-corrected chi connectivity index (χ3v) is 5.76. The van der Waals surface area contributed by atoms with Crippen LogP contribution in [0.3, 0.4) is 0 Å².